The van der Waals surface area contributed by atoms with E-state index in [9.17, 15) is 18.0 Å². The van der Waals surface area contributed by atoms with Gasteiger partial charge in [-0.05, 0) is 17.7 Å². The lowest BCUT2D eigenvalue weighted by Gasteiger charge is -2.37. The maximum atomic E-state index is 12.5. The number of ether oxygens (including phenoxy) is 1. The van der Waals surface area contributed by atoms with E-state index >= 15 is 0 Å². The first-order valence-corrected chi connectivity index (χ1v) is 5.68. The average molecular weight is 274 g/mol. The lowest BCUT2D eigenvalue weighted by molar-refractivity contribution is -0.137. The molecule has 19 heavy (non-hydrogen) atoms. The van der Waals surface area contributed by atoms with E-state index in [1.54, 1.807) is 6.07 Å². The first-order chi connectivity index (χ1) is 8.86. The molecule has 0 atom stereocenters. The first kappa shape index (κ1) is 13.7. The van der Waals surface area contributed by atoms with Crippen LogP contribution >= 0.6 is 0 Å². The van der Waals surface area contributed by atoms with E-state index in [4.69, 9.17) is 10.5 Å². The van der Waals surface area contributed by atoms with E-state index in [1.165, 1.54) is 11.0 Å². The van der Waals surface area contributed by atoms with Gasteiger partial charge < -0.3 is 15.4 Å². The van der Waals surface area contributed by atoms with E-state index in [2.05, 4.69) is 0 Å². The van der Waals surface area contributed by atoms with Crippen molar-refractivity contribution in [1.29, 1.82) is 0 Å². The van der Waals surface area contributed by atoms with Crippen LogP contribution in [0.25, 0.3) is 0 Å². The van der Waals surface area contributed by atoms with Crippen molar-refractivity contribution in [3.8, 4) is 0 Å². The molecule has 0 aliphatic carbocycles. The molecule has 1 aliphatic rings. The van der Waals surface area contributed by atoms with Crippen molar-refractivity contribution in [3.63, 3.8) is 0 Å². The number of hydrogen-bond acceptors (Lipinski definition) is 2. The van der Waals surface area contributed by atoms with Crippen molar-refractivity contribution >= 4 is 6.03 Å². The number of alkyl halides is 3. The highest BCUT2D eigenvalue weighted by Gasteiger charge is 2.31. The fourth-order valence-corrected chi connectivity index (χ4v) is 1.78. The second-order valence-electron chi connectivity index (χ2n) is 4.37. The summed E-state index contributed by atoms with van der Waals surface area (Å²) in [7, 11) is 0. The number of hydrogen-bond donors (Lipinski definition) is 1. The predicted molar refractivity (Wildman–Crippen MR) is 61.2 cm³/mol. The van der Waals surface area contributed by atoms with Gasteiger partial charge in [-0.1, -0.05) is 12.1 Å². The van der Waals surface area contributed by atoms with Crippen molar-refractivity contribution in [3.05, 3.63) is 35.4 Å². The van der Waals surface area contributed by atoms with E-state index in [-0.39, 0.29) is 12.7 Å². The lowest BCUT2D eigenvalue weighted by atomic mass is 10.1. The molecule has 0 spiro atoms. The molecule has 0 bridgehead atoms. The van der Waals surface area contributed by atoms with Crippen LogP contribution < -0.4 is 5.73 Å². The van der Waals surface area contributed by atoms with Gasteiger partial charge in [-0.25, -0.2) is 4.79 Å². The zero-order chi connectivity index (χ0) is 14.0. The van der Waals surface area contributed by atoms with Gasteiger partial charge in [-0.15, -0.1) is 0 Å². The molecule has 0 saturated carbocycles. The second-order valence-corrected chi connectivity index (χ2v) is 4.37. The third-order valence-electron chi connectivity index (χ3n) is 2.90. The molecule has 1 fully saturated rings. The number of nitrogens with zero attached hydrogens (tertiary/aromatic N) is 1. The summed E-state index contributed by atoms with van der Waals surface area (Å²) in [4.78, 5) is 12.1. The normalized spacial score (nSPS) is 16.3. The van der Waals surface area contributed by atoms with Crippen LogP contribution in [0.4, 0.5) is 18.0 Å². The highest BCUT2D eigenvalue weighted by Crippen LogP contribution is 2.29. The maximum Gasteiger partial charge on any atom is 0.416 e. The molecule has 104 valence electrons. The van der Waals surface area contributed by atoms with Crippen molar-refractivity contribution in [2.75, 3.05) is 13.1 Å². The molecule has 4 nitrogen and oxygen atoms in total. The van der Waals surface area contributed by atoms with Crippen LogP contribution in [-0.2, 0) is 17.5 Å². The monoisotopic (exact) mass is 274 g/mol. The van der Waals surface area contributed by atoms with Gasteiger partial charge in [0.05, 0.1) is 31.4 Å². The molecular formula is C12H13F3N2O2. The molecule has 7 heteroatoms. The minimum Gasteiger partial charge on any atom is -0.370 e. The summed E-state index contributed by atoms with van der Waals surface area (Å²) < 4.78 is 42.9. The van der Waals surface area contributed by atoms with E-state index < -0.39 is 17.8 Å². The minimum absolute atomic E-state index is 0.0845. The molecule has 0 aromatic heterocycles. The summed E-state index contributed by atoms with van der Waals surface area (Å²) in [5.74, 6) is 0. The molecule has 1 aromatic carbocycles. The Bertz CT molecular complexity index is 470. The van der Waals surface area contributed by atoms with Gasteiger partial charge in [0.2, 0.25) is 0 Å². The zero-order valence-corrected chi connectivity index (χ0v) is 9.98. The first-order valence-electron chi connectivity index (χ1n) is 5.68. The van der Waals surface area contributed by atoms with Crippen molar-refractivity contribution in [2.45, 2.75) is 18.9 Å². The molecule has 0 radical (unpaired) electrons. The third kappa shape index (κ3) is 3.37. The number of primary amides is 1. The average Bonchev–Trinajstić information content (AvgIpc) is 2.25. The fourth-order valence-electron chi connectivity index (χ4n) is 1.78. The molecule has 2 amide bonds. The SMILES string of the molecule is NC(=O)N1CC(OCc2cccc(C(F)(F)F)c2)C1. The van der Waals surface area contributed by atoms with E-state index in [1.807, 2.05) is 0 Å². The number of amides is 2. The smallest absolute Gasteiger partial charge is 0.370 e. The highest BCUT2D eigenvalue weighted by atomic mass is 19.4. The minimum atomic E-state index is -4.35. The van der Waals surface area contributed by atoms with Crippen LogP contribution in [-0.4, -0.2) is 30.1 Å². The molecular weight excluding hydrogens is 261 g/mol. The summed E-state index contributed by atoms with van der Waals surface area (Å²) in [6.07, 6.45) is -4.52. The fraction of sp³-hybridized carbons (Fsp3) is 0.417. The Balaban J connectivity index is 1.86. The zero-order valence-electron chi connectivity index (χ0n) is 9.98. The van der Waals surface area contributed by atoms with Gasteiger partial charge >= 0.3 is 12.2 Å². The summed E-state index contributed by atoms with van der Waals surface area (Å²) >= 11 is 0. The summed E-state index contributed by atoms with van der Waals surface area (Å²) in [5.41, 5.74) is 4.80. The van der Waals surface area contributed by atoms with Crippen molar-refractivity contribution < 1.29 is 22.7 Å². The standard InChI is InChI=1S/C12H13F3N2O2/c13-12(14,15)9-3-1-2-8(4-9)7-19-10-5-17(6-10)11(16)18/h1-4,10H,5-7H2,(H2,16,18). The Morgan fingerprint density at radius 1 is 1.42 bits per heavy atom. The summed E-state index contributed by atoms with van der Waals surface area (Å²) in [6.45, 7) is 0.851. The Hall–Kier alpha value is -1.76. The van der Waals surface area contributed by atoms with Gasteiger partial charge in [-0.2, -0.15) is 13.2 Å². The predicted octanol–water partition coefficient (Wildman–Crippen LogP) is 1.98. The van der Waals surface area contributed by atoms with Crippen LogP contribution in [0.5, 0.6) is 0 Å². The van der Waals surface area contributed by atoms with Crippen LogP contribution in [0.3, 0.4) is 0 Å². The van der Waals surface area contributed by atoms with E-state index in [0.29, 0.717) is 18.7 Å². The number of carbonyl (C=O) groups is 1. The third-order valence-corrected chi connectivity index (χ3v) is 2.90. The van der Waals surface area contributed by atoms with Crippen LogP contribution in [0.2, 0.25) is 0 Å². The summed E-state index contributed by atoms with van der Waals surface area (Å²) in [6, 6.07) is 4.48. The number of benzene rings is 1. The molecule has 1 saturated heterocycles. The Morgan fingerprint density at radius 2 is 2.11 bits per heavy atom. The molecule has 2 rings (SSSR count). The molecule has 1 aromatic rings. The Kier molecular flexibility index (Phi) is 3.66. The number of halogens is 3. The van der Waals surface area contributed by atoms with Gasteiger partial charge in [-0.3, -0.25) is 0 Å². The molecule has 0 unspecified atom stereocenters. The van der Waals surface area contributed by atoms with Gasteiger partial charge in [0, 0.05) is 0 Å². The maximum absolute atomic E-state index is 12.5. The number of rotatable bonds is 3. The molecule has 1 aliphatic heterocycles. The van der Waals surface area contributed by atoms with Crippen LogP contribution in [0.15, 0.2) is 24.3 Å². The lowest BCUT2D eigenvalue weighted by Crippen LogP contribution is -2.56. The summed E-state index contributed by atoms with van der Waals surface area (Å²) in [5, 5.41) is 0. The number of likely N-dealkylation sites (tertiary alicyclic amines) is 1. The molecule has 2 N–H and O–H groups in total. The topological polar surface area (TPSA) is 55.6 Å². The van der Waals surface area contributed by atoms with Gasteiger partial charge in [0.1, 0.15) is 0 Å². The largest absolute Gasteiger partial charge is 0.416 e. The Morgan fingerprint density at radius 3 is 2.68 bits per heavy atom. The van der Waals surface area contributed by atoms with Crippen molar-refractivity contribution in [2.24, 2.45) is 5.73 Å². The van der Waals surface area contributed by atoms with E-state index in [0.717, 1.165) is 12.1 Å². The van der Waals surface area contributed by atoms with Crippen LogP contribution in [0, 0.1) is 0 Å². The number of nitrogens with two attached hydrogens (primary N) is 1. The Labute approximate surface area is 107 Å². The van der Waals surface area contributed by atoms with Crippen molar-refractivity contribution in [1.82, 2.24) is 4.90 Å². The number of urea groups is 1. The van der Waals surface area contributed by atoms with Crippen LogP contribution in [0.1, 0.15) is 11.1 Å². The number of carbonyl (C=O) groups excluding carboxylic acids is 1. The highest BCUT2D eigenvalue weighted by molar-refractivity contribution is 5.73. The second kappa shape index (κ2) is 5.08. The quantitative estimate of drug-likeness (QED) is 0.916. The van der Waals surface area contributed by atoms with Gasteiger partial charge in [0.25, 0.3) is 0 Å². The molecule has 1 heterocycles. The van der Waals surface area contributed by atoms with Gasteiger partial charge in [0.15, 0.2) is 0 Å².